The van der Waals surface area contributed by atoms with E-state index in [1.54, 1.807) is 31.2 Å². The van der Waals surface area contributed by atoms with Crippen LogP contribution in [-0.4, -0.2) is 8.42 Å². The molecule has 1 aromatic carbocycles. The molecule has 8 heteroatoms. The van der Waals surface area contributed by atoms with Gasteiger partial charge >= 0.3 is 0 Å². The van der Waals surface area contributed by atoms with Gasteiger partial charge in [0.1, 0.15) is 4.90 Å². The molecule has 1 aromatic heterocycles. The largest absolute Gasteiger partial charge is 0.277 e. The molecule has 2 rings (SSSR count). The second kappa shape index (κ2) is 5.61. The van der Waals surface area contributed by atoms with Gasteiger partial charge in [-0.3, -0.25) is 4.72 Å². The maximum atomic E-state index is 12.3. The maximum absolute atomic E-state index is 12.3. The Bertz CT molecular complexity index is 708. The van der Waals surface area contributed by atoms with Gasteiger partial charge in [-0.25, -0.2) is 8.42 Å². The van der Waals surface area contributed by atoms with Gasteiger partial charge in [-0.15, -0.1) is 11.3 Å². The molecule has 0 aliphatic heterocycles. The normalized spacial score (nSPS) is 11.6. The molecular weight excluding hydrogens is 393 g/mol. The summed E-state index contributed by atoms with van der Waals surface area (Å²) < 4.78 is 27.8. The Kier molecular flexibility index (Phi) is 4.47. The van der Waals surface area contributed by atoms with Crippen LogP contribution in [0, 0.1) is 6.92 Å². The van der Waals surface area contributed by atoms with E-state index in [9.17, 15) is 8.42 Å². The predicted octanol–water partition coefficient (Wildman–Crippen LogP) is 4.93. The van der Waals surface area contributed by atoms with Gasteiger partial charge in [-0.05, 0) is 41.1 Å². The van der Waals surface area contributed by atoms with Gasteiger partial charge in [-0.1, -0.05) is 29.3 Å². The lowest BCUT2D eigenvalue weighted by molar-refractivity contribution is 0.601. The van der Waals surface area contributed by atoms with Gasteiger partial charge < -0.3 is 0 Å². The van der Waals surface area contributed by atoms with E-state index in [0.717, 1.165) is 3.79 Å². The van der Waals surface area contributed by atoms with E-state index in [-0.39, 0.29) is 20.6 Å². The molecule has 0 saturated carbocycles. The molecule has 1 N–H and O–H groups in total. The standard InChI is InChI=1S/C11H8BrCl2NO2S2/c1-6-9(5-10(12)18-6)19(16,17)15-11-7(13)3-2-4-8(11)14/h2-5,15H,1H3. The molecule has 0 aliphatic rings. The van der Waals surface area contributed by atoms with Crippen molar-refractivity contribution >= 4 is 66.2 Å². The van der Waals surface area contributed by atoms with Crippen molar-refractivity contribution in [2.45, 2.75) is 11.8 Å². The van der Waals surface area contributed by atoms with Crippen LogP contribution >= 0.6 is 50.5 Å². The second-order valence-corrected chi connectivity index (χ2v) is 8.77. The van der Waals surface area contributed by atoms with Crippen molar-refractivity contribution in [3.63, 3.8) is 0 Å². The Hall–Kier alpha value is -0.270. The van der Waals surface area contributed by atoms with Crippen LogP contribution in [0.2, 0.25) is 10.0 Å². The zero-order valence-corrected chi connectivity index (χ0v) is 14.3. The molecule has 0 bridgehead atoms. The number of nitrogens with one attached hydrogen (secondary N) is 1. The van der Waals surface area contributed by atoms with E-state index in [4.69, 9.17) is 23.2 Å². The SMILES string of the molecule is Cc1sc(Br)cc1S(=O)(=O)Nc1c(Cl)cccc1Cl. The lowest BCUT2D eigenvalue weighted by atomic mass is 10.3. The summed E-state index contributed by atoms with van der Waals surface area (Å²) in [5.74, 6) is 0. The van der Waals surface area contributed by atoms with E-state index in [1.807, 2.05) is 0 Å². The Morgan fingerprint density at radius 1 is 1.26 bits per heavy atom. The second-order valence-electron chi connectivity index (χ2n) is 3.67. The lowest BCUT2D eigenvalue weighted by Gasteiger charge is -2.10. The summed E-state index contributed by atoms with van der Waals surface area (Å²) in [5.41, 5.74) is 0.188. The highest BCUT2D eigenvalue weighted by Crippen LogP contribution is 2.34. The molecule has 3 nitrogen and oxygen atoms in total. The zero-order chi connectivity index (χ0) is 14.2. The Morgan fingerprint density at radius 3 is 2.32 bits per heavy atom. The van der Waals surface area contributed by atoms with Crippen molar-refractivity contribution in [3.8, 4) is 0 Å². The summed E-state index contributed by atoms with van der Waals surface area (Å²) in [6.45, 7) is 1.73. The summed E-state index contributed by atoms with van der Waals surface area (Å²) in [5, 5.41) is 0.506. The topological polar surface area (TPSA) is 46.2 Å². The minimum absolute atomic E-state index is 0.188. The van der Waals surface area contributed by atoms with Crippen LogP contribution in [0.3, 0.4) is 0 Å². The Labute approximate surface area is 133 Å². The van der Waals surface area contributed by atoms with E-state index in [1.165, 1.54) is 11.3 Å². The van der Waals surface area contributed by atoms with Crippen LogP contribution in [0.4, 0.5) is 5.69 Å². The predicted molar refractivity (Wildman–Crippen MR) is 84.0 cm³/mol. The van der Waals surface area contributed by atoms with Gasteiger partial charge in [0.15, 0.2) is 0 Å². The maximum Gasteiger partial charge on any atom is 0.263 e. The lowest BCUT2D eigenvalue weighted by Crippen LogP contribution is -2.13. The molecule has 102 valence electrons. The molecule has 0 radical (unpaired) electrons. The molecule has 0 saturated heterocycles. The molecule has 2 aromatic rings. The number of hydrogen-bond donors (Lipinski definition) is 1. The number of aryl methyl sites for hydroxylation is 1. The number of sulfonamides is 1. The van der Waals surface area contributed by atoms with Crippen molar-refractivity contribution in [2.24, 2.45) is 0 Å². The zero-order valence-electron chi connectivity index (χ0n) is 9.58. The summed E-state index contributed by atoms with van der Waals surface area (Å²) in [6.07, 6.45) is 0. The fourth-order valence-electron chi connectivity index (χ4n) is 1.48. The van der Waals surface area contributed by atoms with Gasteiger partial charge in [0, 0.05) is 4.88 Å². The van der Waals surface area contributed by atoms with Gasteiger partial charge in [0.25, 0.3) is 10.0 Å². The number of rotatable bonds is 3. The van der Waals surface area contributed by atoms with E-state index in [2.05, 4.69) is 20.7 Å². The summed E-state index contributed by atoms with van der Waals surface area (Å²) >= 11 is 16.5. The Balaban J connectivity index is 2.45. The van der Waals surface area contributed by atoms with Crippen LogP contribution in [0.15, 0.2) is 32.9 Å². The first-order valence-corrected chi connectivity index (χ1v) is 8.89. The summed E-state index contributed by atoms with van der Waals surface area (Å²) in [6, 6.07) is 6.34. The van der Waals surface area contributed by atoms with Crippen LogP contribution in [0.1, 0.15) is 4.88 Å². The van der Waals surface area contributed by atoms with Gasteiger partial charge in [0.05, 0.1) is 19.5 Å². The van der Waals surface area contributed by atoms with Gasteiger partial charge in [-0.2, -0.15) is 0 Å². The number of thiophene rings is 1. The monoisotopic (exact) mass is 399 g/mol. The van der Waals surface area contributed by atoms with Crippen LogP contribution in [-0.2, 0) is 10.0 Å². The molecule has 1 heterocycles. The van der Waals surface area contributed by atoms with E-state index >= 15 is 0 Å². The van der Waals surface area contributed by atoms with Crippen molar-refractivity contribution in [1.82, 2.24) is 0 Å². The average Bonchev–Trinajstić information content (AvgIpc) is 2.64. The molecule has 0 spiro atoms. The van der Waals surface area contributed by atoms with Crippen LogP contribution in [0.25, 0.3) is 0 Å². The fourth-order valence-corrected chi connectivity index (χ4v) is 5.60. The van der Waals surface area contributed by atoms with Crippen molar-refractivity contribution in [1.29, 1.82) is 0 Å². The average molecular weight is 401 g/mol. The highest BCUT2D eigenvalue weighted by molar-refractivity contribution is 9.11. The molecule has 0 unspecified atom stereocenters. The van der Waals surface area contributed by atoms with Crippen LogP contribution < -0.4 is 4.72 Å². The Morgan fingerprint density at radius 2 is 1.84 bits per heavy atom. The molecule has 0 aliphatic carbocycles. The van der Waals surface area contributed by atoms with E-state index < -0.39 is 10.0 Å². The van der Waals surface area contributed by atoms with Gasteiger partial charge in [0.2, 0.25) is 0 Å². The van der Waals surface area contributed by atoms with Crippen LogP contribution in [0.5, 0.6) is 0 Å². The van der Waals surface area contributed by atoms with Crippen molar-refractivity contribution in [2.75, 3.05) is 4.72 Å². The third-order valence-corrected chi connectivity index (χ3v) is 6.12. The third-order valence-electron chi connectivity index (χ3n) is 2.33. The molecule has 0 atom stereocenters. The quantitative estimate of drug-likeness (QED) is 0.793. The molecule has 0 fully saturated rings. The number of hydrogen-bond acceptors (Lipinski definition) is 3. The summed E-state index contributed by atoms with van der Waals surface area (Å²) in [4.78, 5) is 0.892. The fraction of sp³-hybridized carbons (Fsp3) is 0.0909. The third kappa shape index (κ3) is 3.25. The first kappa shape index (κ1) is 15.1. The molecule has 19 heavy (non-hydrogen) atoms. The first-order valence-electron chi connectivity index (χ1n) is 5.04. The molecule has 0 amide bonds. The number of para-hydroxylation sites is 1. The van der Waals surface area contributed by atoms with Crippen molar-refractivity contribution in [3.05, 3.63) is 43.0 Å². The first-order chi connectivity index (χ1) is 8.81. The van der Waals surface area contributed by atoms with Crippen molar-refractivity contribution < 1.29 is 8.42 Å². The number of halogens is 3. The van der Waals surface area contributed by atoms with E-state index in [0.29, 0.717) is 4.88 Å². The number of anilines is 1. The minimum atomic E-state index is -3.71. The molecular formula is C11H8BrCl2NO2S2. The smallest absolute Gasteiger partial charge is 0.263 e. The highest BCUT2D eigenvalue weighted by Gasteiger charge is 2.21. The minimum Gasteiger partial charge on any atom is -0.277 e. The number of benzene rings is 1. The summed E-state index contributed by atoms with van der Waals surface area (Å²) in [7, 11) is -3.71. The highest BCUT2D eigenvalue weighted by atomic mass is 79.9.